The van der Waals surface area contributed by atoms with Gasteiger partial charge in [0.1, 0.15) is 0 Å². The summed E-state index contributed by atoms with van der Waals surface area (Å²) in [4.78, 5) is 25.6. The summed E-state index contributed by atoms with van der Waals surface area (Å²) in [5.74, 6) is -1.70. The monoisotopic (exact) mass is 504 g/mol. The number of nitrogens with one attached hydrogen (secondary N) is 1. The summed E-state index contributed by atoms with van der Waals surface area (Å²) < 4.78 is 27.7. The fourth-order valence-electron chi connectivity index (χ4n) is 4.08. The third-order valence-corrected chi connectivity index (χ3v) is 8.60. The van der Waals surface area contributed by atoms with E-state index in [1.54, 1.807) is 24.3 Å². The minimum Gasteiger partial charge on any atom is -0.478 e. The minimum absolute atomic E-state index is 0.0313. The van der Waals surface area contributed by atoms with E-state index in [9.17, 15) is 23.1 Å². The topological polar surface area (TPSA) is 104 Å². The van der Waals surface area contributed by atoms with E-state index in [4.69, 9.17) is 0 Å². The molecule has 2 heterocycles. The second-order valence-electron chi connectivity index (χ2n) is 7.98. The van der Waals surface area contributed by atoms with Crippen molar-refractivity contribution in [3.8, 4) is 10.4 Å². The molecule has 35 heavy (non-hydrogen) atoms. The maximum Gasteiger partial charge on any atom is 0.337 e. The average molecular weight is 505 g/mol. The summed E-state index contributed by atoms with van der Waals surface area (Å²) in [6, 6.07) is 21.6. The molecule has 1 aliphatic rings. The van der Waals surface area contributed by atoms with E-state index in [-0.39, 0.29) is 21.7 Å². The molecule has 1 aliphatic heterocycles. The van der Waals surface area contributed by atoms with Crippen LogP contribution < -0.4 is 9.62 Å². The Balaban J connectivity index is 1.37. The van der Waals surface area contributed by atoms with Crippen molar-refractivity contribution in [1.29, 1.82) is 0 Å². The Kier molecular flexibility index (Phi) is 5.88. The van der Waals surface area contributed by atoms with Gasteiger partial charge < -0.3 is 10.4 Å². The smallest absolute Gasteiger partial charge is 0.337 e. The lowest BCUT2D eigenvalue weighted by atomic mass is 10.1. The molecule has 0 spiro atoms. The van der Waals surface area contributed by atoms with Crippen LogP contribution in [0.1, 0.15) is 26.3 Å². The summed E-state index contributed by atoms with van der Waals surface area (Å²) in [5, 5.41) is 14.2. The highest BCUT2D eigenvalue weighted by atomic mass is 32.2. The van der Waals surface area contributed by atoms with Gasteiger partial charge in [-0.15, -0.1) is 11.3 Å². The number of carboxylic acids is 1. The normalized spacial score (nSPS) is 12.9. The van der Waals surface area contributed by atoms with Crippen molar-refractivity contribution in [2.45, 2.75) is 11.3 Å². The van der Waals surface area contributed by atoms with E-state index in [1.165, 1.54) is 46.0 Å². The number of carbonyl (C=O) groups excluding carboxylic acids is 1. The summed E-state index contributed by atoms with van der Waals surface area (Å²) in [7, 11) is -3.77. The van der Waals surface area contributed by atoms with Gasteiger partial charge in [-0.05, 0) is 71.5 Å². The maximum atomic E-state index is 13.2. The zero-order chi connectivity index (χ0) is 24.6. The highest BCUT2D eigenvalue weighted by Gasteiger charge is 2.30. The lowest BCUT2D eigenvalue weighted by Gasteiger charge is -2.19. The SMILES string of the molecule is O=C(Nc1ccc(-c2cccs2)cc1C(=O)O)c1ccc(S(=O)(=O)N2CCc3ccccc32)cc1. The number of thiophene rings is 1. The van der Waals surface area contributed by atoms with Crippen LogP contribution in [0.4, 0.5) is 11.4 Å². The van der Waals surface area contributed by atoms with Crippen LogP contribution in [0.25, 0.3) is 10.4 Å². The van der Waals surface area contributed by atoms with E-state index in [0.29, 0.717) is 18.7 Å². The van der Waals surface area contributed by atoms with Gasteiger partial charge in [-0.2, -0.15) is 0 Å². The molecule has 0 radical (unpaired) electrons. The Morgan fingerprint density at radius 3 is 2.43 bits per heavy atom. The van der Waals surface area contributed by atoms with Crippen molar-refractivity contribution in [2.75, 3.05) is 16.2 Å². The fraction of sp³-hybridized carbons (Fsp3) is 0.0769. The zero-order valence-electron chi connectivity index (χ0n) is 18.3. The number of hydrogen-bond donors (Lipinski definition) is 2. The number of nitrogens with zero attached hydrogens (tertiary/aromatic N) is 1. The second-order valence-corrected chi connectivity index (χ2v) is 10.8. The van der Waals surface area contributed by atoms with Crippen molar-refractivity contribution in [3.05, 3.63) is 101 Å². The quantitative estimate of drug-likeness (QED) is 0.379. The molecule has 0 unspecified atom stereocenters. The molecule has 7 nitrogen and oxygen atoms in total. The van der Waals surface area contributed by atoms with Gasteiger partial charge in [0, 0.05) is 17.0 Å². The van der Waals surface area contributed by atoms with Gasteiger partial charge in [-0.3, -0.25) is 9.10 Å². The molecular formula is C26H20N2O5S2. The van der Waals surface area contributed by atoms with E-state index >= 15 is 0 Å². The van der Waals surface area contributed by atoms with Gasteiger partial charge in [-0.1, -0.05) is 30.3 Å². The van der Waals surface area contributed by atoms with Crippen LogP contribution in [0.2, 0.25) is 0 Å². The Morgan fingerprint density at radius 1 is 0.943 bits per heavy atom. The summed E-state index contributed by atoms with van der Waals surface area (Å²) in [5.41, 5.74) is 2.73. The van der Waals surface area contributed by atoms with E-state index in [0.717, 1.165) is 16.0 Å². The molecule has 0 atom stereocenters. The molecule has 0 saturated heterocycles. The van der Waals surface area contributed by atoms with Crippen LogP contribution in [-0.4, -0.2) is 31.9 Å². The number of benzene rings is 3. The summed E-state index contributed by atoms with van der Waals surface area (Å²) in [6.45, 7) is 0.364. The van der Waals surface area contributed by atoms with E-state index < -0.39 is 21.9 Å². The van der Waals surface area contributed by atoms with E-state index in [2.05, 4.69) is 5.32 Å². The molecule has 1 amide bonds. The van der Waals surface area contributed by atoms with Crippen molar-refractivity contribution in [2.24, 2.45) is 0 Å². The third-order valence-electron chi connectivity index (χ3n) is 5.85. The average Bonchev–Trinajstić information content (AvgIpc) is 3.55. The molecule has 9 heteroatoms. The number of carboxylic acid groups (broad SMARTS) is 1. The number of hydrogen-bond acceptors (Lipinski definition) is 5. The minimum atomic E-state index is -3.77. The molecule has 176 valence electrons. The number of anilines is 2. The van der Waals surface area contributed by atoms with Gasteiger partial charge in [0.15, 0.2) is 0 Å². The van der Waals surface area contributed by atoms with Crippen LogP contribution >= 0.6 is 11.3 Å². The predicted octanol–water partition coefficient (Wildman–Crippen LogP) is 5.12. The van der Waals surface area contributed by atoms with Gasteiger partial charge in [0.2, 0.25) is 0 Å². The molecule has 4 aromatic rings. The van der Waals surface area contributed by atoms with Crippen LogP contribution in [0, 0.1) is 0 Å². The second kappa shape index (κ2) is 9.01. The predicted molar refractivity (Wildman–Crippen MR) is 136 cm³/mol. The molecule has 3 aromatic carbocycles. The Hall–Kier alpha value is -3.95. The molecule has 2 N–H and O–H groups in total. The number of fused-ring (bicyclic) bond motifs is 1. The number of carbonyl (C=O) groups is 2. The number of amides is 1. The van der Waals surface area contributed by atoms with Crippen LogP contribution in [0.15, 0.2) is 89.1 Å². The van der Waals surface area contributed by atoms with Crippen LogP contribution in [0.3, 0.4) is 0 Å². The first-order valence-corrected chi connectivity index (χ1v) is 13.1. The summed E-state index contributed by atoms with van der Waals surface area (Å²) in [6.07, 6.45) is 0.646. The van der Waals surface area contributed by atoms with Gasteiger partial charge in [0.25, 0.3) is 15.9 Å². The van der Waals surface area contributed by atoms with Gasteiger partial charge in [0.05, 0.1) is 21.8 Å². The van der Waals surface area contributed by atoms with Gasteiger partial charge in [-0.25, -0.2) is 13.2 Å². The highest BCUT2D eigenvalue weighted by molar-refractivity contribution is 7.92. The lowest BCUT2D eigenvalue weighted by Crippen LogP contribution is -2.29. The Labute approximate surface area is 206 Å². The zero-order valence-corrected chi connectivity index (χ0v) is 20.0. The van der Waals surface area contributed by atoms with Crippen LogP contribution in [-0.2, 0) is 16.4 Å². The molecule has 0 saturated carbocycles. The molecule has 0 bridgehead atoms. The Bertz CT molecular complexity index is 1530. The molecule has 0 fully saturated rings. The highest BCUT2D eigenvalue weighted by Crippen LogP contribution is 2.33. The third kappa shape index (κ3) is 4.31. The molecular weight excluding hydrogens is 484 g/mol. The van der Waals surface area contributed by atoms with Gasteiger partial charge >= 0.3 is 5.97 Å². The Morgan fingerprint density at radius 2 is 1.71 bits per heavy atom. The standard InChI is InChI=1S/C26H20N2O5S2/c29-25(27-22-12-9-19(16-21(22)26(30)31)24-6-3-15-34-24)18-7-10-20(11-8-18)35(32,33)28-14-13-17-4-1-2-5-23(17)28/h1-12,15-16H,13-14H2,(H,27,29)(H,30,31). The maximum absolute atomic E-state index is 13.2. The molecule has 5 rings (SSSR count). The van der Waals surface area contributed by atoms with Crippen molar-refractivity contribution < 1.29 is 23.1 Å². The van der Waals surface area contributed by atoms with Crippen molar-refractivity contribution in [3.63, 3.8) is 0 Å². The summed E-state index contributed by atoms with van der Waals surface area (Å²) >= 11 is 1.49. The number of para-hydroxylation sites is 1. The fourth-order valence-corrected chi connectivity index (χ4v) is 6.31. The first-order chi connectivity index (χ1) is 16.8. The van der Waals surface area contributed by atoms with Crippen molar-refractivity contribution >= 4 is 44.6 Å². The number of rotatable bonds is 6. The lowest BCUT2D eigenvalue weighted by molar-refractivity contribution is 0.0698. The molecule has 0 aliphatic carbocycles. The van der Waals surface area contributed by atoms with Crippen molar-refractivity contribution in [1.82, 2.24) is 0 Å². The largest absolute Gasteiger partial charge is 0.478 e. The number of sulfonamides is 1. The number of aromatic carboxylic acids is 1. The first kappa shape index (κ1) is 22.8. The van der Waals surface area contributed by atoms with Crippen LogP contribution in [0.5, 0.6) is 0 Å². The molecule has 1 aromatic heterocycles. The first-order valence-electron chi connectivity index (χ1n) is 10.8. The van der Waals surface area contributed by atoms with E-state index in [1.807, 2.05) is 29.6 Å².